The molecule has 26 heavy (non-hydrogen) atoms. The van der Waals surface area contributed by atoms with Gasteiger partial charge in [0, 0.05) is 12.2 Å². The number of nitrogens with two attached hydrogens (primary N) is 1. The maximum Gasteiger partial charge on any atom is 0.190 e. The summed E-state index contributed by atoms with van der Waals surface area (Å²) >= 11 is 1.45. The molecule has 3 rings (SSSR count). The standard InChI is InChI=1S/C20H17FN4S/c1-13-5-7-14(8-6-13)12-26-20-24-18(17(11-22)19(23)25-20)10-15-3-2-4-16(21)9-15/h2-9H,10,12H2,1H3,(H2,23,24,25). The number of benzene rings is 2. The van der Waals surface area contributed by atoms with Crippen LogP contribution in [0, 0.1) is 24.1 Å². The van der Waals surface area contributed by atoms with Crippen LogP contribution in [0.15, 0.2) is 53.7 Å². The van der Waals surface area contributed by atoms with E-state index in [2.05, 4.69) is 40.3 Å². The molecule has 0 bridgehead atoms. The summed E-state index contributed by atoms with van der Waals surface area (Å²) in [6.07, 6.45) is 0.325. The van der Waals surface area contributed by atoms with Gasteiger partial charge in [-0.1, -0.05) is 53.7 Å². The first-order valence-electron chi connectivity index (χ1n) is 8.04. The Morgan fingerprint density at radius 1 is 1.12 bits per heavy atom. The van der Waals surface area contributed by atoms with E-state index < -0.39 is 0 Å². The van der Waals surface area contributed by atoms with Crippen molar-refractivity contribution in [2.24, 2.45) is 0 Å². The Bertz CT molecular complexity index is 965. The number of hydrogen-bond acceptors (Lipinski definition) is 5. The summed E-state index contributed by atoms with van der Waals surface area (Å²) in [4.78, 5) is 8.72. The fourth-order valence-electron chi connectivity index (χ4n) is 2.49. The van der Waals surface area contributed by atoms with Gasteiger partial charge in [-0.3, -0.25) is 0 Å². The third kappa shape index (κ3) is 4.38. The van der Waals surface area contributed by atoms with Crippen LogP contribution < -0.4 is 5.73 Å². The van der Waals surface area contributed by atoms with Gasteiger partial charge in [-0.15, -0.1) is 0 Å². The number of hydrogen-bond donors (Lipinski definition) is 1. The molecule has 0 radical (unpaired) electrons. The summed E-state index contributed by atoms with van der Waals surface area (Å²) in [5.41, 5.74) is 9.79. The minimum absolute atomic E-state index is 0.153. The number of nitrogens with zero attached hydrogens (tertiary/aromatic N) is 3. The lowest BCUT2D eigenvalue weighted by atomic mass is 10.1. The average Bonchev–Trinajstić information content (AvgIpc) is 2.61. The minimum atomic E-state index is -0.322. The van der Waals surface area contributed by atoms with Gasteiger partial charge in [-0.25, -0.2) is 14.4 Å². The molecule has 130 valence electrons. The molecule has 0 aliphatic rings. The van der Waals surface area contributed by atoms with E-state index >= 15 is 0 Å². The maximum absolute atomic E-state index is 13.4. The molecule has 0 amide bonds. The lowest BCUT2D eigenvalue weighted by Gasteiger charge is -2.09. The first kappa shape index (κ1) is 17.9. The molecule has 4 nitrogen and oxygen atoms in total. The van der Waals surface area contributed by atoms with Gasteiger partial charge < -0.3 is 5.73 Å². The van der Waals surface area contributed by atoms with Gasteiger partial charge >= 0.3 is 0 Å². The molecule has 0 saturated carbocycles. The van der Waals surface area contributed by atoms with E-state index in [1.54, 1.807) is 12.1 Å². The van der Waals surface area contributed by atoms with Crippen molar-refractivity contribution in [1.82, 2.24) is 9.97 Å². The molecular weight excluding hydrogens is 347 g/mol. The molecule has 6 heteroatoms. The predicted octanol–water partition coefficient (Wildman–Crippen LogP) is 4.26. The maximum atomic E-state index is 13.4. The molecule has 0 spiro atoms. The highest BCUT2D eigenvalue weighted by atomic mass is 32.2. The molecule has 0 aliphatic heterocycles. The van der Waals surface area contributed by atoms with E-state index in [0.717, 1.165) is 11.1 Å². The number of thioether (sulfide) groups is 1. The number of nitriles is 1. The Morgan fingerprint density at radius 2 is 1.88 bits per heavy atom. The highest BCUT2D eigenvalue weighted by molar-refractivity contribution is 7.98. The van der Waals surface area contributed by atoms with Crippen molar-refractivity contribution in [3.8, 4) is 6.07 Å². The van der Waals surface area contributed by atoms with Gasteiger partial charge in [0.2, 0.25) is 0 Å². The van der Waals surface area contributed by atoms with E-state index in [1.165, 1.54) is 29.5 Å². The van der Waals surface area contributed by atoms with Crippen LogP contribution in [0.1, 0.15) is 27.9 Å². The van der Waals surface area contributed by atoms with Crippen LogP contribution in [0.5, 0.6) is 0 Å². The number of halogens is 1. The van der Waals surface area contributed by atoms with Gasteiger partial charge in [0.1, 0.15) is 23.3 Å². The Labute approximate surface area is 155 Å². The molecule has 0 saturated heterocycles. The smallest absolute Gasteiger partial charge is 0.190 e. The number of rotatable bonds is 5. The van der Waals surface area contributed by atoms with Crippen LogP contribution in [0.4, 0.5) is 10.2 Å². The second-order valence-electron chi connectivity index (χ2n) is 5.91. The SMILES string of the molecule is Cc1ccc(CSc2nc(N)c(C#N)c(Cc3cccc(F)c3)n2)cc1. The summed E-state index contributed by atoms with van der Waals surface area (Å²) in [6, 6.07) is 16.5. The molecule has 1 heterocycles. The zero-order valence-corrected chi connectivity index (χ0v) is 15.1. The van der Waals surface area contributed by atoms with Crippen LogP contribution in [0.2, 0.25) is 0 Å². The van der Waals surface area contributed by atoms with E-state index in [9.17, 15) is 9.65 Å². The summed E-state index contributed by atoms with van der Waals surface area (Å²) < 4.78 is 13.4. The largest absolute Gasteiger partial charge is 0.382 e. The van der Waals surface area contributed by atoms with Gasteiger partial charge in [0.05, 0.1) is 5.69 Å². The molecule has 3 aromatic rings. The van der Waals surface area contributed by atoms with Gasteiger partial charge in [0.15, 0.2) is 5.16 Å². The molecular formula is C20H17FN4S. The quantitative estimate of drug-likeness (QED) is 0.541. The van der Waals surface area contributed by atoms with Crippen molar-refractivity contribution < 1.29 is 4.39 Å². The summed E-state index contributed by atoms with van der Waals surface area (Å²) in [5.74, 6) is 0.530. The van der Waals surface area contributed by atoms with Crippen LogP contribution in [0.3, 0.4) is 0 Å². The predicted molar refractivity (Wildman–Crippen MR) is 101 cm³/mol. The Balaban J connectivity index is 1.84. The summed E-state index contributed by atoms with van der Waals surface area (Å²) in [7, 11) is 0. The summed E-state index contributed by atoms with van der Waals surface area (Å²) in [5, 5.41) is 9.87. The molecule has 0 unspecified atom stereocenters. The second-order valence-corrected chi connectivity index (χ2v) is 6.85. The second kappa shape index (κ2) is 7.98. The van der Waals surface area contributed by atoms with Gasteiger partial charge in [-0.2, -0.15) is 5.26 Å². The fraction of sp³-hybridized carbons (Fsp3) is 0.150. The van der Waals surface area contributed by atoms with E-state index in [0.29, 0.717) is 23.0 Å². The van der Waals surface area contributed by atoms with E-state index in [1.807, 2.05) is 6.92 Å². The first-order chi connectivity index (χ1) is 12.5. The monoisotopic (exact) mass is 364 g/mol. The van der Waals surface area contributed by atoms with Crippen molar-refractivity contribution >= 4 is 17.6 Å². The average molecular weight is 364 g/mol. The molecule has 2 N–H and O–H groups in total. The number of aromatic nitrogens is 2. The molecule has 1 aromatic heterocycles. The third-order valence-corrected chi connectivity index (χ3v) is 4.77. The highest BCUT2D eigenvalue weighted by Crippen LogP contribution is 2.24. The van der Waals surface area contributed by atoms with Crippen LogP contribution in [-0.4, -0.2) is 9.97 Å². The van der Waals surface area contributed by atoms with Crippen LogP contribution >= 0.6 is 11.8 Å². The molecule has 0 fully saturated rings. The zero-order chi connectivity index (χ0) is 18.5. The van der Waals surface area contributed by atoms with E-state index in [4.69, 9.17) is 5.73 Å². The van der Waals surface area contributed by atoms with E-state index in [-0.39, 0.29) is 17.2 Å². The normalized spacial score (nSPS) is 10.5. The molecule has 0 aliphatic carbocycles. The van der Waals surface area contributed by atoms with Crippen molar-refractivity contribution in [3.63, 3.8) is 0 Å². The summed E-state index contributed by atoms with van der Waals surface area (Å²) in [6.45, 7) is 2.04. The zero-order valence-electron chi connectivity index (χ0n) is 14.2. The van der Waals surface area contributed by atoms with Crippen LogP contribution in [0.25, 0.3) is 0 Å². The van der Waals surface area contributed by atoms with Crippen molar-refractivity contribution in [2.75, 3.05) is 5.73 Å². The fourth-order valence-corrected chi connectivity index (χ4v) is 3.32. The molecule has 2 aromatic carbocycles. The van der Waals surface area contributed by atoms with Crippen LogP contribution in [-0.2, 0) is 12.2 Å². The lowest BCUT2D eigenvalue weighted by molar-refractivity contribution is 0.626. The highest BCUT2D eigenvalue weighted by Gasteiger charge is 2.14. The van der Waals surface area contributed by atoms with Gasteiger partial charge in [-0.05, 0) is 30.2 Å². The number of anilines is 1. The number of aryl methyl sites for hydroxylation is 1. The van der Waals surface area contributed by atoms with Crippen molar-refractivity contribution in [1.29, 1.82) is 5.26 Å². The Kier molecular flexibility index (Phi) is 5.49. The third-order valence-electron chi connectivity index (χ3n) is 3.85. The Morgan fingerprint density at radius 3 is 2.58 bits per heavy atom. The minimum Gasteiger partial charge on any atom is -0.382 e. The Hall–Kier alpha value is -2.91. The van der Waals surface area contributed by atoms with Crippen molar-refractivity contribution in [2.45, 2.75) is 24.3 Å². The number of nitrogen functional groups attached to an aromatic ring is 1. The lowest BCUT2D eigenvalue weighted by Crippen LogP contribution is -2.06. The first-order valence-corrected chi connectivity index (χ1v) is 9.03. The topological polar surface area (TPSA) is 75.6 Å². The van der Waals surface area contributed by atoms with Crippen molar-refractivity contribution in [3.05, 3.63) is 82.3 Å². The van der Waals surface area contributed by atoms with Gasteiger partial charge in [0.25, 0.3) is 0 Å². The molecule has 0 atom stereocenters.